The van der Waals surface area contributed by atoms with Gasteiger partial charge in [0.1, 0.15) is 11.3 Å². The van der Waals surface area contributed by atoms with Crippen molar-refractivity contribution in [3.63, 3.8) is 0 Å². The summed E-state index contributed by atoms with van der Waals surface area (Å²) in [6.07, 6.45) is 8.85. The van der Waals surface area contributed by atoms with Gasteiger partial charge in [-0.15, -0.1) is 0 Å². The van der Waals surface area contributed by atoms with Crippen LogP contribution in [0.1, 0.15) is 47.4 Å². The summed E-state index contributed by atoms with van der Waals surface area (Å²) in [6.45, 7) is 1.98. The molecule has 1 aromatic carbocycles. The van der Waals surface area contributed by atoms with E-state index in [1.807, 2.05) is 35.6 Å². The third kappa shape index (κ3) is 2.97. The number of aromatic amines is 1. The molecule has 1 amide bonds. The molecule has 140 valence electrons. The van der Waals surface area contributed by atoms with E-state index in [4.69, 9.17) is 0 Å². The molecule has 0 aliphatic heterocycles. The molecule has 3 heterocycles. The fourth-order valence-corrected chi connectivity index (χ4v) is 3.79. The molecule has 3 aromatic heterocycles. The van der Waals surface area contributed by atoms with Crippen molar-refractivity contribution in [2.24, 2.45) is 0 Å². The molecule has 4 aromatic rings. The molecule has 0 spiro atoms. The Morgan fingerprint density at radius 1 is 1.18 bits per heavy atom. The predicted molar refractivity (Wildman–Crippen MR) is 110 cm³/mol. The van der Waals surface area contributed by atoms with Gasteiger partial charge in [-0.3, -0.25) is 10.1 Å². The van der Waals surface area contributed by atoms with Crippen molar-refractivity contribution in [3.8, 4) is 0 Å². The fourth-order valence-electron chi connectivity index (χ4n) is 3.79. The number of hydrogen-bond donors (Lipinski definition) is 2. The highest BCUT2D eigenvalue weighted by molar-refractivity contribution is 6.03. The number of allylic oxidation sites excluding steroid dienone is 2. The Morgan fingerprint density at radius 3 is 2.93 bits per heavy atom. The molecule has 5 rings (SSSR count). The van der Waals surface area contributed by atoms with E-state index in [0.717, 1.165) is 35.2 Å². The molecule has 0 atom stereocenters. The van der Waals surface area contributed by atoms with Crippen molar-refractivity contribution >= 4 is 34.1 Å². The van der Waals surface area contributed by atoms with Crippen molar-refractivity contribution in [2.45, 2.75) is 32.6 Å². The molecule has 1 aliphatic carbocycles. The van der Waals surface area contributed by atoms with Gasteiger partial charge in [-0.1, -0.05) is 18.2 Å². The Balaban J connectivity index is 1.41. The molecule has 0 bridgehead atoms. The zero-order chi connectivity index (χ0) is 19.1. The summed E-state index contributed by atoms with van der Waals surface area (Å²) in [4.78, 5) is 24.8. The highest BCUT2D eigenvalue weighted by Gasteiger charge is 2.14. The van der Waals surface area contributed by atoms with Gasteiger partial charge in [0.2, 0.25) is 5.95 Å². The first-order valence-electron chi connectivity index (χ1n) is 9.63. The summed E-state index contributed by atoms with van der Waals surface area (Å²) >= 11 is 0. The summed E-state index contributed by atoms with van der Waals surface area (Å²) in [5.41, 5.74) is 6.50. The summed E-state index contributed by atoms with van der Waals surface area (Å²) < 4.78 is 1.90. The first kappa shape index (κ1) is 16.7. The topological polar surface area (TPSA) is 75.1 Å². The van der Waals surface area contributed by atoms with Gasteiger partial charge in [-0.25, -0.2) is 9.97 Å². The van der Waals surface area contributed by atoms with Crippen molar-refractivity contribution in [2.75, 3.05) is 5.32 Å². The predicted octanol–water partition coefficient (Wildman–Crippen LogP) is 4.73. The average molecular weight is 371 g/mol. The minimum absolute atomic E-state index is 0.280. The molecular formula is C22H21N5O. The third-order valence-corrected chi connectivity index (χ3v) is 5.31. The number of carbonyl (C=O) groups is 1. The van der Waals surface area contributed by atoms with Gasteiger partial charge in [0.15, 0.2) is 0 Å². The van der Waals surface area contributed by atoms with E-state index in [-0.39, 0.29) is 5.91 Å². The Labute approximate surface area is 162 Å². The minimum atomic E-state index is -0.280. The van der Waals surface area contributed by atoms with Crippen LogP contribution < -0.4 is 5.32 Å². The van der Waals surface area contributed by atoms with Gasteiger partial charge in [-0.05, 0) is 68.0 Å². The van der Waals surface area contributed by atoms with Crippen LogP contribution in [0.2, 0.25) is 0 Å². The van der Waals surface area contributed by atoms with Crippen molar-refractivity contribution in [3.05, 3.63) is 65.6 Å². The maximum absolute atomic E-state index is 12.6. The van der Waals surface area contributed by atoms with E-state index < -0.39 is 0 Å². The number of rotatable bonds is 3. The number of aromatic nitrogens is 4. The molecule has 6 heteroatoms. The molecular weight excluding hydrogens is 350 g/mol. The molecule has 0 radical (unpaired) electrons. The van der Waals surface area contributed by atoms with Crippen LogP contribution in [0.4, 0.5) is 5.95 Å². The van der Waals surface area contributed by atoms with Crippen LogP contribution >= 0.6 is 0 Å². The van der Waals surface area contributed by atoms with Crippen LogP contribution in [0.25, 0.3) is 22.3 Å². The zero-order valence-electron chi connectivity index (χ0n) is 15.7. The van der Waals surface area contributed by atoms with Gasteiger partial charge in [0.05, 0.1) is 11.0 Å². The van der Waals surface area contributed by atoms with Crippen LogP contribution in [0.5, 0.6) is 0 Å². The van der Waals surface area contributed by atoms with E-state index in [1.54, 1.807) is 6.20 Å². The fraction of sp³-hybridized carbons (Fsp3) is 0.227. The highest BCUT2D eigenvalue weighted by atomic mass is 16.2. The van der Waals surface area contributed by atoms with E-state index in [0.29, 0.717) is 11.6 Å². The van der Waals surface area contributed by atoms with Crippen LogP contribution in [0.3, 0.4) is 0 Å². The molecule has 0 saturated heterocycles. The second kappa shape index (κ2) is 6.64. The number of nitrogens with one attached hydrogen (secondary N) is 2. The van der Waals surface area contributed by atoms with Gasteiger partial charge >= 0.3 is 0 Å². The number of aryl methyl sites for hydroxylation is 1. The SMILES string of the molecule is Cc1cccc2nc(C(=O)Nc3nc4cc(C5=CCCCC5)ccc4[nH]3)cn12. The number of imidazole rings is 2. The second-order valence-corrected chi connectivity index (χ2v) is 7.27. The van der Waals surface area contributed by atoms with E-state index in [9.17, 15) is 4.79 Å². The number of benzene rings is 1. The monoisotopic (exact) mass is 371 g/mol. The molecule has 28 heavy (non-hydrogen) atoms. The molecule has 0 unspecified atom stereocenters. The van der Waals surface area contributed by atoms with Crippen LogP contribution in [-0.4, -0.2) is 25.3 Å². The van der Waals surface area contributed by atoms with Gasteiger partial charge in [-0.2, -0.15) is 0 Å². The lowest BCUT2D eigenvalue weighted by Gasteiger charge is -2.12. The van der Waals surface area contributed by atoms with Crippen molar-refractivity contribution in [1.29, 1.82) is 0 Å². The van der Waals surface area contributed by atoms with E-state index in [1.165, 1.54) is 24.0 Å². The summed E-state index contributed by atoms with van der Waals surface area (Å²) in [5.74, 6) is 0.154. The van der Waals surface area contributed by atoms with Crippen LogP contribution in [-0.2, 0) is 0 Å². The average Bonchev–Trinajstić information content (AvgIpc) is 3.32. The number of hydrogen-bond acceptors (Lipinski definition) is 3. The lowest BCUT2D eigenvalue weighted by atomic mass is 9.93. The maximum Gasteiger partial charge on any atom is 0.278 e. The first-order valence-corrected chi connectivity index (χ1v) is 9.63. The van der Waals surface area contributed by atoms with Crippen molar-refractivity contribution < 1.29 is 4.79 Å². The Bertz CT molecular complexity index is 1230. The molecule has 1 aliphatic rings. The summed E-state index contributed by atoms with van der Waals surface area (Å²) in [6, 6.07) is 12.0. The van der Waals surface area contributed by atoms with E-state index >= 15 is 0 Å². The molecule has 6 nitrogen and oxygen atoms in total. The minimum Gasteiger partial charge on any atom is -0.324 e. The molecule has 0 fully saturated rings. The number of fused-ring (bicyclic) bond motifs is 2. The van der Waals surface area contributed by atoms with Gasteiger partial charge in [0.25, 0.3) is 5.91 Å². The quantitative estimate of drug-likeness (QED) is 0.547. The van der Waals surface area contributed by atoms with Gasteiger partial charge in [0, 0.05) is 11.9 Å². The van der Waals surface area contributed by atoms with Crippen molar-refractivity contribution in [1.82, 2.24) is 19.4 Å². The Morgan fingerprint density at radius 2 is 2.11 bits per heavy atom. The lowest BCUT2D eigenvalue weighted by Crippen LogP contribution is -2.13. The first-order chi connectivity index (χ1) is 13.7. The van der Waals surface area contributed by atoms with Crippen LogP contribution in [0, 0.1) is 6.92 Å². The highest BCUT2D eigenvalue weighted by Crippen LogP contribution is 2.28. The standard InChI is InChI=1S/C22H21N5O/c1-14-6-5-9-20-23-19(13-27(14)20)21(28)26-22-24-17-11-10-16(12-18(17)25-22)15-7-3-2-4-8-15/h5-7,9-13H,2-4,8H2,1H3,(H2,24,25,26,28). The maximum atomic E-state index is 12.6. The number of H-pyrrole nitrogens is 1. The number of carbonyl (C=O) groups excluding carboxylic acids is 1. The Hall–Kier alpha value is -3.41. The third-order valence-electron chi connectivity index (χ3n) is 5.31. The number of pyridine rings is 1. The number of amides is 1. The number of anilines is 1. The second-order valence-electron chi connectivity index (χ2n) is 7.27. The van der Waals surface area contributed by atoms with E-state index in [2.05, 4.69) is 38.5 Å². The normalized spacial score (nSPS) is 14.4. The summed E-state index contributed by atoms with van der Waals surface area (Å²) in [7, 11) is 0. The molecule has 2 N–H and O–H groups in total. The Kier molecular flexibility index (Phi) is 3.97. The van der Waals surface area contributed by atoms with Gasteiger partial charge < -0.3 is 9.38 Å². The number of nitrogens with zero attached hydrogens (tertiary/aromatic N) is 3. The smallest absolute Gasteiger partial charge is 0.278 e. The van der Waals surface area contributed by atoms with Crippen LogP contribution in [0.15, 0.2) is 48.7 Å². The lowest BCUT2D eigenvalue weighted by molar-refractivity contribution is 0.102. The zero-order valence-corrected chi connectivity index (χ0v) is 15.7. The summed E-state index contributed by atoms with van der Waals surface area (Å²) in [5, 5.41) is 2.83. The largest absolute Gasteiger partial charge is 0.324 e. The molecule has 0 saturated carbocycles.